The van der Waals surface area contributed by atoms with E-state index < -0.39 is 0 Å². The number of carbonyl (C=O) groups excluding carboxylic acids is 1. The highest BCUT2D eigenvalue weighted by atomic mass is 79.9. The minimum atomic E-state index is -0.283. The molecule has 2 aromatic carbocycles. The standard InChI is InChI=1S/C14H8Br2N2O2/c15-9-3-8(4-10(16)6-9)13(19)7-1-2-11-12(5-7)18-14(20)17-11/h1-6H,(H2,17,18,20). The largest absolute Gasteiger partial charge is 0.323 e. The number of aromatic amines is 2. The number of benzene rings is 2. The molecule has 3 aromatic rings. The van der Waals surface area contributed by atoms with Gasteiger partial charge in [-0.05, 0) is 36.4 Å². The Morgan fingerprint density at radius 3 is 2.20 bits per heavy atom. The molecule has 2 N–H and O–H groups in total. The van der Waals surface area contributed by atoms with Crippen LogP contribution in [0.25, 0.3) is 11.0 Å². The molecule has 0 amide bonds. The molecular formula is C14H8Br2N2O2. The maximum absolute atomic E-state index is 12.5. The first-order chi connectivity index (χ1) is 9.52. The molecule has 0 aliphatic heterocycles. The Bertz CT molecular complexity index is 860. The average Bonchev–Trinajstić information content (AvgIpc) is 2.75. The van der Waals surface area contributed by atoms with E-state index in [0.29, 0.717) is 22.2 Å². The van der Waals surface area contributed by atoms with Gasteiger partial charge in [0.1, 0.15) is 0 Å². The third-order valence-electron chi connectivity index (χ3n) is 2.90. The quantitative estimate of drug-likeness (QED) is 0.651. The highest BCUT2D eigenvalue weighted by Gasteiger charge is 2.12. The normalized spacial score (nSPS) is 10.9. The first-order valence-electron chi connectivity index (χ1n) is 5.76. The van der Waals surface area contributed by atoms with E-state index in [4.69, 9.17) is 0 Å². The number of fused-ring (bicyclic) bond motifs is 1. The fourth-order valence-electron chi connectivity index (χ4n) is 2.03. The Hall–Kier alpha value is -1.66. The van der Waals surface area contributed by atoms with Crippen LogP contribution in [-0.4, -0.2) is 15.8 Å². The second-order valence-corrected chi connectivity index (χ2v) is 6.16. The first-order valence-corrected chi connectivity index (χ1v) is 7.34. The predicted octanol–water partition coefficient (Wildman–Crippen LogP) is 3.61. The van der Waals surface area contributed by atoms with Crippen LogP contribution in [0, 0.1) is 0 Å². The third kappa shape index (κ3) is 2.48. The molecule has 0 spiro atoms. The van der Waals surface area contributed by atoms with Crippen LogP contribution in [0.4, 0.5) is 0 Å². The number of hydrogen-bond acceptors (Lipinski definition) is 2. The maximum Gasteiger partial charge on any atom is 0.323 e. The summed E-state index contributed by atoms with van der Waals surface area (Å²) in [6.45, 7) is 0. The number of carbonyl (C=O) groups is 1. The summed E-state index contributed by atoms with van der Waals surface area (Å²) in [5.74, 6) is -0.101. The van der Waals surface area contributed by atoms with Gasteiger partial charge in [0.25, 0.3) is 0 Å². The number of nitrogens with one attached hydrogen (secondary N) is 2. The number of H-pyrrole nitrogens is 2. The van der Waals surface area contributed by atoms with Crippen LogP contribution < -0.4 is 5.69 Å². The summed E-state index contributed by atoms with van der Waals surface area (Å²) in [5.41, 5.74) is 2.12. The number of rotatable bonds is 2. The SMILES string of the molecule is O=C(c1cc(Br)cc(Br)c1)c1ccc2[nH]c(=O)[nH]c2c1. The van der Waals surface area contributed by atoms with Gasteiger partial charge in [0.05, 0.1) is 11.0 Å². The molecule has 6 heteroatoms. The lowest BCUT2D eigenvalue weighted by atomic mass is 10.0. The van der Waals surface area contributed by atoms with Gasteiger partial charge in [-0.3, -0.25) is 4.79 Å². The molecule has 0 saturated heterocycles. The lowest BCUT2D eigenvalue weighted by Crippen LogP contribution is -2.01. The van der Waals surface area contributed by atoms with Gasteiger partial charge in [-0.1, -0.05) is 31.9 Å². The zero-order chi connectivity index (χ0) is 14.3. The van der Waals surface area contributed by atoms with E-state index in [1.54, 1.807) is 30.3 Å². The van der Waals surface area contributed by atoms with Gasteiger partial charge in [-0.25, -0.2) is 4.79 Å². The van der Waals surface area contributed by atoms with E-state index in [1.165, 1.54) is 0 Å². The van der Waals surface area contributed by atoms with Crippen molar-refractivity contribution in [1.29, 1.82) is 0 Å². The molecule has 4 nitrogen and oxygen atoms in total. The van der Waals surface area contributed by atoms with Crippen LogP contribution in [0.5, 0.6) is 0 Å². The van der Waals surface area contributed by atoms with Gasteiger partial charge in [-0.15, -0.1) is 0 Å². The molecule has 1 aromatic heterocycles. The predicted molar refractivity (Wildman–Crippen MR) is 84.2 cm³/mol. The fraction of sp³-hybridized carbons (Fsp3) is 0. The number of halogens is 2. The van der Waals surface area contributed by atoms with Crippen molar-refractivity contribution in [2.75, 3.05) is 0 Å². The molecule has 1 heterocycles. The van der Waals surface area contributed by atoms with Crippen LogP contribution in [0.15, 0.2) is 50.1 Å². The van der Waals surface area contributed by atoms with Gasteiger partial charge in [0.2, 0.25) is 0 Å². The van der Waals surface area contributed by atoms with Crippen molar-refractivity contribution in [1.82, 2.24) is 9.97 Å². The first kappa shape index (κ1) is 13.3. The van der Waals surface area contributed by atoms with E-state index in [0.717, 1.165) is 8.95 Å². The summed E-state index contributed by atoms with van der Waals surface area (Å²) in [4.78, 5) is 29.0. The Labute approximate surface area is 130 Å². The zero-order valence-electron chi connectivity index (χ0n) is 10.0. The summed E-state index contributed by atoms with van der Waals surface area (Å²) < 4.78 is 1.65. The number of aromatic nitrogens is 2. The Kier molecular flexibility index (Phi) is 3.35. The second-order valence-electron chi connectivity index (χ2n) is 4.33. The fourth-order valence-corrected chi connectivity index (χ4v) is 3.32. The number of ketones is 1. The van der Waals surface area contributed by atoms with Crippen molar-refractivity contribution in [3.8, 4) is 0 Å². The van der Waals surface area contributed by atoms with Crippen LogP contribution in [-0.2, 0) is 0 Å². The van der Waals surface area contributed by atoms with Crippen LogP contribution in [0.3, 0.4) is 0 Å². The monoisotopic (exact) mass is 394 g/mol. The average molecular weight is 396 g/mol. The molecule has 20 heavy (non-hydrogen) atoms. The van der Waals surface area contributed by atoms with Crippen LogP contribution in [0.1, 0.15) is 15.9 Å². The molecule has 0 aliphatic carbocycles. The highest BCUT2D eigenvalue weighted by Crippen LogP contribution is 2.22. The van der Waals surface area contributed by atoms with E-state index in [9.17, 15) is 9.59 Å². The van der Waals surface area contributed by atoms with Gasteiger partial charge in [-0.2, -0.15) is 0 Å². The Balaban J connectivity index is 2.09. The van der Waals surface area contributed by atoms with Crippen molar-refractivity contribution in [2.24, 2.45) is 0 Å². The molecule has 0 atom stereocenters. The topological polar surface area (TPSA) is 65.7 Å². The minimum Gasteiger partial charge on any atom is -0.306 e. The van der Waals surface area contributed by atoms with Crippen molar-refractivity contribution >= 4 is 48.7 Å². The summed E-state index contributed by atoms with van der Waals surface area (Å²) in [5, 5.41) is 0. The number of imidazole rings is 1. The molecule has 3 rings (SSSR count). The molecular weight excluding hydrogens is 388 g/mol. The van der Waals surface area contributed by atoms with Crippen LogP contribution in [0.2, 0.25) is 0 Å². The minimum absolute atomic E-state index is 0.101. The van der Waals surface area contributed by atoms with Crippen molar-refractivity contribution in [3.63, 3.8) is 0 Å². The molecule has 0 radical (unpaired) electrons. The molecule has 0 unspecified atom stereocenters. The van der Waals surface area contributed by atoms with Crippen molar-refractivity contribution < 1.29 is 4.79 Å². The summed E-state index contributed by atoms with van der Waals surface area (Å²) >= 11 is 6.72. The second kappa shape index (κ2) is 5.03. The van der Waals surface area contributed by atoms with Crippen molar-refractivity contribution in [2.45, 2.75) is 0 Å². The molecule has 0 saturated carbocycles. The summed E-state index contributed by atoms with van der Waals surface area (Å²) in [7, 11) is 0. The van der Waals surface area contributed by atoms with Gasteiger partial charge >= 0.3 is 5.69 Å². The maximum atomic E-state index is 12.5. The van der Waals surface area contributed by atoms with Gasteiger partial charge in [0.15, 0.2) is 5.78 Å². The molecule has 0 aliphatic rings. The van der Waals surface area contributed by atoms with E-state index in [1.807, 2.05) is 6.07 Å². The van der Waals surface area contributed by atoms with E-state index in [2.05, 4.69) is 41.8 Å². The molecule has 0 fully saturated rings. The van der Waals surface area contributed by atoms with Gasteiger partial charge < -0.3 is 9.97 Å². The number of hydrogen-bond donors (Lipinski definition) is 2. The van der Waals surface area contributed by atoms with E-state index in [-0.39, 0.29) is 11.5 Å². The van der Waals surface area contributed by atoms with E-state index >= 15 is 0 Å². The third-order valence-corrected chi connectivity index (χ3v) is 3.82. The Morgan fingerprint density at radius 2 is 1.50 bits per heavy atom. The lowest BCUT2D eigenvalue weighted by Gasteiger charge is -2.03. The summed E-state index contributed by atoms with van der Waals surface area (Å²) in [6, 6.07) is 10.5. The Morgan fingerprint density at radius 1 is 0.850 bits per heavy atom. The zero-order valence-corrected chi connectivity index (χ0v) is 13.2. The van der Waals surface area contributed by atoms with Gasteiger partial charge in [0, 0.05) is 20.1 Å². The van der Waals surface area contributed by atoms with Crippen molar-refractivity contribution in [3.05, 3.63) is 67.0 Å². The molecule has 100 valence electrons. The smallest absolute Gasteiger partial charge is 0.306 e. The van der Waals surface area contributed by atoms with Crippen LogP contribution >= 0.6 is 31.9 Å². The molecule has 0 bridgehead atoms. The highest BCUT2D eigenvalue weighted by molar-refractivity contribution is 9.11. The summed E-state index contributed by atoms with van der Waals surface area (Å²) in [6.07, 6.45) is 0. The lowest BCUT2D eigenvalue weighted by molar-refractivity contribution is 0.103.